The van der Waals surface area contributed by atoms with Crippen LogP contribution in [0.5, 0.6) is 0 Å². The minimum Gasteiger partial charge on any atom is -0.448 e. The fourth-order valence-corrected chi connectivity index (χ4v) is 1.72. The van der Waals surface area contributed by atoms with Crippen molar-refractivity contribution in [2.24, 2.45) is 0 Å². The summed E-state index contributed by atoms with van der Waals surface area (Å²) in [6, 6.07) is 0. The molecule has 2 aromatic rings. The Kier molecular flexibility index (Phi) is 4.15. The van der Waals surface area contributed by atoms with Gasteiger partial charge in [-0.15, -0.1) is 0 Å². The number of aromatic nitrogens is 3. The second-order valence-corrected chi connectivity index (χ2v) is 4.87. The summed E-state index contributed by atoms with van der Waals surface area (Å²) in [5, 5.41) is 0. The van der Waals surface area contributed by atoms with E-state index in [4.69, 9.17) is 4.42 Å². The van der Waals surface area contributed by atoms with E-state index in [2.05, 4.69) is 40.3 Å². The Morgan fingerprint density at radius 3 is 2.89 bits per heavy atom. The molecule has 0 aromatic carbocycles. The molecule has 0 amide bonds. The van der Waals surface area contributed by atoms with E-state index in [0.29, 0.717) is 5.92 Å². The predicted octanol–water partition coefficient (Wildman–Crippen LogP) is 2.13. The van der Waals surface area contributed by atoms with Gasteiger partial charge in [-0.3, -0.25) is 4.90 Å². The number of imidazole rings is 1. The molecule has 0 saturated carbocycles. The van der Waals surface area contributed by atoms with Gasteiger partial charge in [0.25, 0.3) is 0 Å². The highest BCUT2D eigenvalue weighted by Gasteiger charge is 2.09. The summed E-state index contributed by atoms with van der Waals surface area (Å²) in [6.07, 6.45) is 7.36. The SMILES string of the molecule is CC(C)c1nc(CN(C)CCn2ccnc2)co1. The molecule has 0 aliphatic carbocycles. The van der Waals surface area contributed by atoms with Crippen LogP contribution in [0, 0.1) is 0 Å². The Morgan fingerprint density at radius 2 is 2.28 bits per heavy atom. The average Bonchev–Trinajstić information content (AvgIpc) is 2.96. The van der Waals surface area contributed by atoms with Crippen LogP contribution in [-0.2, 0) is 13.1 Å². The molecule has 0 fully saturated rings. The van der Waals surface area contributed by atoms with Crippen LogP contribution in [-0.4, -0.2) is 33.0 Å². The second-order valence-electron chi connectivity index (χ2n) is 4.87. The first-order valence-corrected chi connectivity index (χ1v) is 6.23. The van der Waals surface area contributed by atoms with E-state index in [0.717, 1.165) is 31.2 Å². The summed E-state index contributed by atoms with van der Waals surface area (Å²) in [7, 11) is 2.08. The van der Waals surface area contributed by atoms with Gasteiger partial charge in [-0.2, -0.15) is 0 Å². The number of rotatable bonds is 6. The Morgan fingerprint density at radius 1 is 1.44 bits per heavy atom. The van der Waals surface area contributed by atoms with Crippen molar-refractivity contribution in [1.82, 2.24) is 19.4 Å². The number of oxazole rings is 1. The minimum absolute atomic E-state index is 0.343. The van der Waals surface area contributed by atoms with Gasteiger partial charge in [-0.1, -0.05) is 13.8 Å². The smallest absolute Gasteiger partial charge is 0.196 e. The third-order valence-corrected chi connectivity index (χ3v) is 2.79. The Hall–Kier alpha value is -1.62. The van der Waals surface area contributed by atoms with Gasteiger partial charge in [0.1, 0.15) is 6.26 Å². The highest BCUT2D eigenvalue weighted by atomic mass is 16.3. The predicted molar refractivity (Wildman–Crippen MR) is 69.2 cm³/mol. The number of nitrogens with zero attached hydrogens (tertiary/aromatic N) is 4. The Balaban J connectivity index is 1.81. The van der Waals surface area contributed by atoms with Crippen molar-refractivity contribution in [1.29, 1.82) is 0 Å². The number of hydrogen-bond acceptors (Lipinski definition) is 4. The molecule has 0 aliphatic heterocycles. The second kappa shape index (κ2) is 5.82. The van der Waals surface area contributed by atoms with Crippen molar-refractivity contribution in [3.8, 4) is 0 Å². The van der Waals surface area contributed by atoms with E-state index in [-0.39, 0.29) is 0 Å². The van der Waals surface area contributed by atoms with E-state index in [1.54, 1.807) is 12.5 Å². The van der Waals surface area contributed by atoms with E-state index < -0.39 is 0 Å². The molecule has 5 heteroatoms. The van der Waals surface area contributed by atoms with Crippen LogP contribution in [0.4, 0.5) is 0 Å². The highest BCUT2D eigenvalue weighted by molar-refractivity contribution is 4.99. The average molecular weight is 248 g/mol. The molecule has 0 radical (unpaired) electrons. The van der Waals surface area contributed by atoms with Gasteiger partial charge >= 0.3 is 0 Å². The lowest BCUT2D eigenvalue weighted by molar-refractivity contribution is 0.307. The van der Waals surface area contributed by atoms with Gasteiger partial charge in [0, 0.05) is 37.9 Å². The molecule has 5 nitrogen and oxygen atoms in total. The lowest BCUT2D eigenvalue weighted by atomic mass is 10.2. The van der Waals surface area contributed by atoms with Crippen LogP contribution in [0.1, 0.15) is 31.4 Å². The first kappa shape index (κ1) is 12.8. The summed E-state index contributed by atoms with van der Waals surface area (Å²) in [5.74, 6) is 1.16. The van der Waals surface area contributed by atoms with Crippen LogP contribution in [0.25, 0.3) is 0 Å². The topological polar surface area (TPSA) is 47.1 Å². The van der Waals surface area contributed by atoms with E-state index >= 15 is 0 Å². The van der Waals surface area contributed by atoms with Gasteiger partial charge in [-0.25, -0.2) is 9.97 Å². The molecule has 2 heterocycles. The first-order chi connectivity index (χ1) is 8.65. The third kappa shape index (κ3) is 3.43. The molecule has 0 aliphatic rings. The molecule has 0 bridgehead atoms. The third-order valence-electron chi connectivity index (χ3n) is 2.79. The van der Waals surface area contributed by atoms with Crippen molar-refractivity contribution < 1.29 is 4.42 Å². The first-order valence-electron chi connectivity index (χ1n) is 6.23. The number of hydrogen-bond donors (Lipinski definition) is 0. The summed E-state index contributed by atoms with van der Waals surface area (Å²) in [6.45, 7) is 6.87. The molecule has 2 rings (SSSR count). The maximum Gasteiger partial charge on any atom is 0.196 e. The van der Waals surface area contributed by atoms with Crippen LogP contribution < -0.4 is 0 Å². The van der Waals surface area contributed by atoms with Gasteiger partial charge in [-0.05, 0) is 7.05 Å². The van der Waals surface area contributed by atoms with E-state index in [9.17, 15) is 0 Å². The molecule has 0 spiro atoms. The van der Waals surface area contributed by atoms with Gasteiger partial charge in [0.15, 0.2) is 5.89 Å². The monoisotopic (exact) mass is 248 g/mol. The zero-order valence-corrected chi connectivity index (χ0v) is 11.2. The lowest BCUT2D eigenvalue weighted by Gasteiger charge is -2.14. The van der Waals surface area contributed by atoms with E-state index in [1.807, 2.05) is 12.5 Å². The molecular formula is C13H20N4O. The summed E-state index contributed by atoms with van der Waals surface area (Å²) in [5.41, 5.74) is 0.992. The Labute approximate surface area is 107 Å². The van der Waals surface area contributed by atoms with Gasteiger partial charge < -0.3 is 8.98 Å². The fourth-order valence-electron chi connectivity index (χ4n) is 1.72. The van der Waals surface area contributed by atoms with Crippen molar-refractivity contribution in [3.63, 3.8) is 0 Å². The molecule has 98 valence electrons. The molecule has 0 unspecified atom stereocenters. The molecule has 0 N–H and O–H groups in total. The molecule has 0 atom stereocenters. The summed E-state index contributed by atoms with van der Waals surface area (Å²) in [4.78, 5) is 10.7. The maximum atomic E-state index is 5.42. The van der Waals surface area contributed by atoms with Gasteiger partial charge in [0.05, 0.1) is 12.0 Å². The van der Waals surface area contributed by atoms with Crippen molar-refractivity contribution >= 4 is 0 Å². The normalized spacial score (nSPS) is 11.6. The van der Waals surface area contributed by atoms with Crippen molar-refractivity contribution in [3.05, 3.63) is 36.6 Å². The number of likely N-dealkylation sites (N-methyl/N-ethyl adjacent to an activating group) is 1. The molecule has 18 heavy (non-hydrogen) atoms. The van der Waals surface area contributed by atoms with E-state index in [1.165, 1.54) is 0 Å². The van der Waals surface area contributed by atoms with Crippen LogP contribution in [0.3, 0.4) is 0 Å². The molecule has 0 saturated heterocycles. The summed E-state index contributed by atoms with van der Waals surface area (Å²) < 4.78 is 7.49. The zero-order chi connectivity index (χ0) is 13.0. The maximum absolute atomic E-state index is 5.42. The molecule has 2 aromatic heterocycles. The molecular weight excluding hydrogens is 228 g/mol. The lowest BCUT2D eigenvalue weighted by Crippen LogP contribution is -2.22. The quantitative estimate of drug-likeness (QED) is 0.785. The largest absolute Gasteiger partial charge is 0.448 e. The van der Waals surface area contributed by atoms with Crippen molar-refractivity contribution in [2.45, 2.75) is 32.9 Å². The highest BCUT2D eigenvalue weighted by Crippen LogP contribution is 2.13. The summed E-state index contributed by atoms with van der Waals surface area (Å²) >= 11 is 0. The fraction of sp³-hybridized carbons (Fsp3) is 0.538. The van der Waals surface area contributed by atoms with Crippen LogP contribution in [0.2, 0.25) is 0 Å². The minimum atomic E-state index is 0.343. The standard InChI is InChI=1S/C13H20N4O/c1-11(2)13-15-12(9-18-13)8-16(3)6-7-17-5-4-14-10-17/h4-5,9-11H,6-8H2,1-3H3. The van der Waals surface area contributed by atoms with Gasteiger partial charge in [0.2, 0.25) is 0 Å². The zero-order valence-electron chi connectivity index (χ0n) is 11.2. The van der Waals surface area contributed by atoms with Crippen molar-refractivity contribution in [2.75, 3.05) is 13.6 Å². The Bertz CT molecular complexity index is 461. The van der Waals surface area contributed by atoms with Crippen LogP contribution >= 0.6 is 0 Å². The van der Waals surface area contributed by atoms with Crippen LogP contribution in [0.15, 0.2) is 29.4 Å².